The Labute approximate surface area is 123 Å². The highest BCUT2D eigenvalue weighted by atomic mass is 35.5. The Bertz CT molecular complexity index is 659. The molecule has 2 aromatic rings. The van der Waals surface area contributed by atoms with E-state index in [9.17, 15) is 5.26 Å². The van der Waals surface area contributed by atoms with Crippen LogP contribution in [0.4, 0.5) is 5.82 Å². The lowest BCUT2D eigenvalue weighted by Gasteiger charge is -2.16. The molecule has 5 heteroatoms. The van der Waals surface area contributed by atoms with Crippen molar-refractivity contribution in [1.29, 1.82) is 5.26 Å². The number of rotatable bonds is 3. The second kappa shape index (κ2) is 5.89. The number of hydrogen-bond acceptors (Lipinski definition) is 4. The first-order valence-electron chi connectivity index (χ1n) is 6.29. The SMILES string of the molecule is Cc1nnc(NC(C)c2ccc(Cl)cc2)c(C#N)c1C. The Morgan fingerprint density at radius 1 is 1.20 bits per heavy atom. The second-order valence-corrected chi connectivity index (χ2v) is 5.10. The van der Waals surface area contributed by atoms with Crippen LogP contribution in [-0.2, 0) is 0 Å². The number of hydrogen-bond donors (Lipinski definition) is 1. The molecule has 0 bridgehead atoms. The third-order valence-corrected chi connectivity index (χ3v) is 3.54. The quantitative estimate of drug-likeness (QED) is 0.932. The number of halogens is 1. The van der Waals surface area contributed by atoms with Gasteiger partial charge < -0.3 is 5.32 Å². The van der Waals surface area contributed by atoms with Gasteiger partial charge in [-0.25, -0.2) is 0 Å². The summed E-state index contributed by atoms with van der Waals surface area (Å²) in [5.41, 5.74) is 3.23. The fourth-order valence-corrected chi connectivity index (χ4v) is 2.01. The van der Waals surface area contributed by atoms with Gasteiger partial charge in [0, 0.05) is 5.02 Å². The number of benzene rings is 1. The summed E-state index contributed by atoms with van der Waals surface area (Å²) in [4.78, 5) is 0. The molecule has 1 atom stereocenters. The van der Waals surface area contributed by atoms with Crippen molar-refractivity contribution in [3.63, 3.8) is 0 Å². The fourth-order valence-electron chi connectivity index (χ4n) is 1.89. The monoisotopic (exact) mass is 286 g/mol. The smallest absolute Gasteiger partial charge is 0.167 e. The van der Waals surface area contributed by atoms with E-state index < -0.39 is 0 Å². The first kappa shape index (κ1) is 14.3. The van der Waals surface area contributed by atoms with E-state index in [1.807, 2.05) is 45.0 Å². The molecule has 20 heavy (non-hydrogen) atoms. The molecule has 0 spiro atoms. The highest BCUT2D eigenvalue weighted by Crippen LogP contribution is 2.23. The van der Waals surface area contributed by atoms with Crippen molar-refractivity contribution in [2.45, 2.75) is 26.8 Å². The molecule has 0 aliphatic rings. The van der Waals surface area contributed by atoms with Gasteiger partial charge in [0.25, 0.3) is 0 Å². The molecular formula is C15H15ClN4. The minimum Gasteiger partial charge on any atom is -0.361 e. The average molecular weight is 287 g/mol. The number of nitrogens with one attached hydrogen (secondary N) is 1. The zero-order valence-corrected chi connectivity index (χ0v) is 12.4. The summed E-state index contributed by atoms with van der Waals surface area (Å²) in [6.07, 6.45) is 0. The van der Waals surface area contributed by atoms with E-state index in [2.05, 4.69) is 21.6 Å². The predicted octanol–water partition coefficient (Wildman–Crippen LogP) is 3.79. The lowest BCUT2D eigenvalue weighted by molar-refractivity contribution is 0.849. The van der Waals surface area contributed by atoms with Gasteiger partial charge in [-0.3, -0.25) is 0 Å². The summed E-state index contributed by atoms with van der Waals surface area (Å²) in [5.74, 6) is 0.512. The summed E-state index contributed by atoms with van der Waals surface area (Å²) in [6, 6.07) is 9.76. The molecule has 0 saturated carbocycles. The molecule has 1 N–H and O–H groups in total. The molecule has 102 valence electrons. The molecule has 0 aliphatic carbocycles. The van der Waals surface area contributed by atoms with Crippen molar-refractivity contribution in [3.8, 4) is 6.07 Å². The van der Waals surface area contributed by atoms with Gasteiger partial charge in [0.05, 0.1) is 11.7 Å². The van der Waals surface area contributed by atoms with Crippen LogP contribution in [0, 0.1) is 25.2 Å². The Morgan fingerprint density at radius 2 is 1.85 bits per heavy atom. The van der Waals surface area contributed by atoms with Crippen molar-refractivity contribution in [1.82, 2.24) is 10.2 Å². The number of nitrogens with zero attached hydrogens (tertiary/aromatic N) is 3. The average Bonchev–Trinajstić information content (AvgIpc) is 2.44. The summed E-state index contributed by atoms with van der Waals surface area (Å²) < 4.78 is 0. The lowest BCUT2D eigenvalue weighted by atomic mass is 10.1. The van der Waals surface area contributed by atoms with Crippen molar-refractivity contribution < 1.29 is 0 Å². The van der Waals surface area contributed by atoms with E-state index >= 15 is 0 Å². The van der Waals surface area contributed by atoms with Gasteiger partial charge in [0.1, 0.15) is 11.6 Å². The molecule has 2 rings (SSSR count). The minimum absolute atomic E-state index is 0.00997. The van der Waals surface area contributed by atoms with E-state index in [1.165, 1.54) is 0 Å². The van der Waals surface area contributed by atoms with Crippen LogP contribution >= 0.6 is 11.6 Å². The molecule has 1 aromatic carbocycles. The molecule has 0 amide bonds. The number of aryl methyl sites for hydroxylation is 1. The first-order chi connectivity index (χ1) is 9.52. The molecular weight excluding hydrogens is 272 g/mol. The van der Waals surface area contributed by atoms with Crippen molar-refractivity contribution in [2.24, 2.45) is 0 Å². The standard InChI is InChI=1S/C15H15ClN4/c1-9-10(2)19-20-15(14(9)8-17)18-11(3)12-4-6-13(16)7-5-12/h4-7,11H,1-3H3,(H,18,20). The largest absolute Gasteiger partial charge is 0.361 e. The van der Waals surface area contributed by atoms with Crippen LogP contribution in [-0.4, -0.2) is 10.2 Å². The third-order valence-electron chi connectivity index (χ3n) is 3.29. The Hall–Kier alpha value is -2.12. The molecule has 0 radical (unpaired) electrons. The molecule has 0 saturated heterocycles. The van der Waals surface area contributed by atoms with Gasteiger partial charge in [-0.2, -0.15) is 10.4 Å². The Morgan fingerprint density at radius 3 is 2.45 bits per heavy atom. The summed E-state index contributed by atoms with van der Waals surface area (Å²) in [7, 11) is 0. The van der Waals surface area contributed by atoms with Crippen molar-refractivity contribution in [2.75, 3.05) is 5.32 Å². The van der Waals surface area contributed by atoms with Gasteiger partial charge in [0.2, 0.25) is 0 Å². The Kier molecular flexibility index (Phi) is 4.21. The molecule has 1 unspecified atom stereocenters. The van der Waals surface area contributed by atoms with E-state index in [0.717, 1.165) is 16.8 Å². The highest BCUT2D eigenvalue weighted by molar-refractivity contribution is 6.30. The van der Waals surface area contributed by atoms with Crippen LogP contribution in [0.15, 0.2) is 24.3 Å². The minimum atomic E-state index is 0.00997. The molecule has 4 nitrogen and oxygen atoms in total. The van der Waals surface area contributed by atoms with Crippen LogP contribution in [0.5, 0.6) is 0 Å². The Balaban J connectivity index is 2.28. The van der Waals surface area contributed by atoms with Crippen LogP contribution in [0.1, 0.15) is 35.3 Å². The van der Waals surface area contributed by atoms with Gasteiger partial charge in [-0.05, 0) is 44.0 Å². The van der Waals surface area contributed by atoms with Crippen molar-refractivity contribution in [3.05, 3.63) is 51.7 Å². The topological polar surface area (TPSA) is 61.6 Å². The van der Waals surface area contributed by atoms with E-state index in [1.54, 1.807) is 0 Å². The first-order valence-corrected chi connectivity index (χ1v) is 6.66. The van der Waals surface area contributed by atoms with E-state index in [4.69, 9.17) is 11.6 Å². The number of aromatic nitrogens is 2. The lowest BCUT2D eigenvalue weighted by Crippen LogP contribution is -2.11. The number of nitriles is 1. The van der Waals surface area contributed by atoms with Crippen LogP contribution in [0.2, 0.25) is 5.02 Å². The van der Waals surface area contributed by atoms with Gasteiger partial charge in [0.15, 0.2) is 5.82 Å². The molecule has 1 aromatic heterocycles. The van der Waals surface area contributed by atoms with Gasteiger partial charge in [-0.15, -0.1) is 5.10 Å². The fraction of sp³-hybridized carbons (Fsp3) is 0.267. The van der Waals surface area contributed by atoms with Crippen LogP contribution in [0.25, 0.3) is 0 Å². The highest BCUT2D eigenvalue weighted by Gasteiger charge is 2.13. The summed E-state index contributed by atoms with van der Waals surface area (Å²) in [5, 5.41) is 21.3. The second-order valence-electron chi connectivity index (χ2n) is 4.66. The zero-order chi connectivity index (χ0) is 14.7. The maximum atomic E-state index is 9.27. The van der Waals surface area contributed by atoms with Crippen LogP contribution in [0.3, 0.4) is 0 Å². The molecule has 1 heterocycles. The van der Waals surface area contributed by atoms with E-state index in [0.29, 0.717) is 16.4 Å². The maximum Gasteiger partial charge on any atom is 0.167 e. The maximum absolute atomic E-state index is 9.27. The van der Waals surface area contributed by atoms with Crippen molar-refractivity contribution >= 4 is 17.4 Å². The molecule has 0 aliphatic heterocycles. The summed E-state index contributed by atoms with van der Waals surface area (Å²) in [6.45, 7) is 5.72. The normalized spacial score (nSPS) is 11.8. The zero-order valence-electron chi connectivity index (χ0n) is 11.6. The van der Waals surface area contributed by atoms with Gasteiger partial charge >= 0.3 is 0 Å². The predicted molar refractivity (Wildman–Crippen MR) is 79.7 cm³/mol. The van der Waals surface area contributed by atoms with E-state index in [-0.39, 0.29) is 6.04 Å². The summed E-state index contributed by atoms with van der Waals surface area (Å²) >= 11 is 5.88. The molecule has 0 fully saturated rings. The number of anilines is 1. The van der Waals surface area contributed by atoms with Gasteiger partial charge in [-0.1, -0.05) is 23.7 Å². The van der Waals surface area contributed by atoms with Crippen LogP contribution < -0.4 is 5.32 Å². The third kappa shape index (κ3) is 2.89.